The number of nitriles is 1. The van der Waals surface area contributed by atoms with Crippen molar-refractivity contribution in [1.29, 1.82) is 5.26 Å². The molecule has 0 amide bonds. The fourth-order valence-electron chi connectivity index (χ4n) is 1.49. The SMILES string of the molecule is CS(=O)(=O)ON=C(C#N)C1=CCCCCC1. The number of nitrogens with zero attached hydrogens (tertiary/aromatic N) is 2. The number of hydrogen-bond donors (Lipinski definition) is 0. The third-order valence-corrected chi connectivity index (χ3v) is 2.56. The summed E-state index contributed by atoms with van der Waals surface area (Å²) in [5.74, 6) is 0. The van der Waals surface area contributed by atoms with E-state index in [1.807, 2.05) is 12.1 Å². The van der Waals surface area contributed by atoms with Crippen LogP contribution in [0.4, 0.5) is 0 Å². The first kappa shape index (κ1) is 12.7. The van der Waals surface area contributed by atoms with Gasteiger partial charge in [0.2, 0.25) is 0 Å². The van der Waals surface area contributed by atoms with Gasteiger partial charge >= 0.3 is 10.1 Å². The molecule has 0 heterocycles. The highest BCUT2D eigenvalue weighted by Crippen LogP contribution is 2.18. The lowest BCUT2D eigenvalue weighted by molar-refractivity contribution is 0.343. The predicted molar refractivity (Wildman–Crippen MR) is 60.1 cm³/mol. The third kappa shape index (κ3) is 4.45. The molecule has 0 aromatic rings. The molecule has 6 heteroatoms. The van der Waals surface area contributed by atoms with Crippen molar-refractivity contribution < 1.29 is 12.7 Å². The van der Waals surface area contributed by atoms with Gasteiger partial charge in [0.1, 0.15) is 6.07 Å². The highest BCUT2D eigenvalue weighted by Gasteiger charge is 2.11. The van der Waals surface area contributed by atoms with Crippen LogP contribution < -0.4 is 0 Å². The van der Waals surface area contributed by atoms with Gasteiger partial charge in [0.25, 0.3) is 0 Å². The van der Waals surface area contributed by atoms with Gasteiger partial charge in [-0.05, 0) is 31.3 Å². The molecule has 0 fully saturated rings. The van der Waals surface area contributed by atoms with Crippen molar-refractivity contribution in [2.24, 2.45) is 5.16 Å². The molecule has 0 radical (unpaired) electrons. The van der Waals surface area contributed by atoms with E-state index in [1.54, 1.807) is 0 Å². The topological polar surface area (TPSA) is 79.5 Å². The molecule has 0 N–H and O–H groups in total. The maximum Gasteiger partial charge on any atom is 0.325 e. The van der Waals surface area contributed by atoms with Crippen molar-refractivity contribution in [3.8, 4) is 6.07 Å². The molecule has 0 aliphatic heterocycles. The standard InChI is InChI=1S/C10H14N2O3S/c1-16(13,14)15-12-10(8-11)9-6-4-2-3-5-7-9/h6H,2-5,7H2,1H3. The lowest BCUT2D eigenvalue weighted by Gasteiger charge is -2.01. The molecule has 1 aliphatic rings. The maximum absolute atomic E-state index is 10.7. The fourth-order valence-corrected chi connectivity index (χ4v) is 1.70. The lowest BCUT2D eigenvalue weighted by atomic mass is 10.1. The Hall–Kier alpha value is -1.35. The molecule has 0 aromatic heterocycles. The minimum Gasteiger partial charge on any atom is -0.267 e. The highest BCUT2D eigenvalue weighted by atomic mass is 32.2. The van der Waals surface area contributed by atoms with Gasteiger partial charge in [0.05, 0.1) is 6.26 Å². The zero-order valence-corrected chi connectivity index (χ0v) is 9.96. The van der Waals surface area contributed by atoms with E-state index in [1.165, 1.54) is 0 Å². The van der Waals surface area contributed by atoms with E-state index in [4.69, 9.17) is 5.26 Å². The van der Waals surface area contributed by atoms with E-state index in [0.29, 0.717) is 0 Å². The molecule has 0 aromatic carbocycles. The maximum atomic E-state index is 10.7. The number of hydrogen-bond acceptors (Lipinski definition) is 5. The van der Waals surface area contributed by atoms with Crippen LogP contribution in [0.3, 0.4) is 0 Å². The summed E-state index contributed by atoms with van der Waals surface area (Å²) in [6, 6.07) is 1.86. The number of oxime groups is 1. The smallest absolute Gasteiger partial charge is 0.267 e. The Morgan fingerprint density at radius 2 is 2.25 bits per heavy atom. The van der Waals surface area contributed by atoms with Crippen LogP contribution in [0.25, 0.3) is 0 Å². The Kier molecular flexibility index (Phi) is 4.50. The Morgan fingerprint density at radius 3 is 2.88 bits per heavy atom. The van der Waals surface area contributed by atoms with Gasteiger partial charge in [0, 0.05) is 0 Å². The van der Waals surface area contributed by atoms with Gasteiger partial charge < -0.3 is 0 Å². The third-order valence-electron chi connectivity index (χ3n) is 2.21. The van der Waals surface area contributed by atoms with Crippen LogP contribution in [0, 0.1) is 11.3 Å². The zero-order valence-electron chi connectivity index (χ0n) is 9.14. The Morgan fingerprint density at radius 1 is 1.50 bits per heavy atom. The average Bonchev–Trinajstić information content (AvgIpc) is 2.46. The molecule has 0 saturated heterocycles. The molecule has 88 valence electrons. The Labute approximate surface area is 95.5 Å². The lowest BCUT2D eigenvalue weighted by Crippen LogP contribution is -2.04. The van der Waals surface area contributed by atoms with Gasteiger partial charge in [-0.25, -0.2) is 0 Å². The van der Waals surface area contributed by atoms with Crippen molar-refractivity contribution in [1.82, 2.24) is 0 Å². The van der Waals surface area contributed by atoms with E-state index in [9.17, 15) is 8.42 Å². The second kappa shape index (κ2) is 5.66. The molecule has 1 rings (SSSR count). The van der Waals surface area contributed by atoms with E-state index < -0.39 is 10.1 Å². The van der Waals surface area contributed by atoms with Crippen molar-refractivity contribution in [3.63, 3.8) is 0 Å². The van der Waals surface area contributed by atoms with Crippen molar-refractivity contribution in [2.45, 2.75) is 32.1 Å². The molecular weight excluding hydrogens is 228 g/mol. The molecule has 0 unspecified atom stereocenters. The van der Waals surface area contributed by atoms with Gasteiger partial charge in [-0.2, -0.15) is 13.7 Å². The van der Waals surface area contributed by atoms with E-state index in [2.05, 4.69) is 9.44 Å². The summed E-state index contributed by atoms with van der Waals surface area (Å²) in [6.07, 6.45) is 7.67. The summed E-state index contributed by atoms with van der Waals surface area (Å²) >= 11 is 0. The summed E-state index contributed by atoms with van der Waals surface area (Å²) in [4.78, 5) is 0. The largest absolute Gasteiger partial charge is 0.325 e. The average molecular weight is 242 g/mol. The van der Waals surface area contributed by atoms with Crippen molar-refractivity contribution in [2.75, 3.05) is 6.26 Å². The van der Waals surface area contributed by atoms with Gasteiger partial charge in [0.15, 0.2) is 5.71 Å². The molecule has 1 aliphatic carbocycles. The number of rotatable bonds is 3. The van der Waals surface area contributed by atoms with Crippen LogP contribution in [0.2, 0.25) is 0 Å². The second-order valence-electron chi connectivity index (χ2n) is 3.66. The number of allylic oxidation sites excluding steroid dienone is 2. The fraction of sp³-hybridized carbons (Fsp3) is 0.600. The van der Waals surface area contributed by atoms with Crippen LogP contribution in [0.15, 0.2) is 16.8 Å². The van der Waals surface area contributed by atoms with Gasteiger partial charge in [-0.3, -0.25) is 4.28 Å². The molecule has 5 nitrogen and oxygen atoms in total. The molecule has 0 saturated carbocycles. The minimum atomic E-state index is -3.64. The first-order chi connectivity index (χ1) is 7.53. The van der Waals surface area contributed by atoms with Crippen LogP contribution in [0.1, 0.15) is 32.1 Å². The highest BCUT2D eigenvalue weighted by molar-refractivity contribution is 7.85. The van der Waals surface area contributed by atoms with E-state index >= 15 is 0 Å². The summed E-state index contributed by atoms with van der Waals surface area (Å²) in [5, 5.41) is 12.2. The monoisotopic (exact) mass is 242 g/mol. The minimum absolute atomic E-state index is 0.0623. The summed E-state index contributed by atoms with van der Waals surface area (Å²) in [6.45, 7) is 0. The summed E-state index contributed by atoms with van der Waals surface area (Å²) < 4.78 is 25.8. The molecule has 16 heavy (non-hydrogen) atoms. The molecule has 0 spiro atoms. The van der Waals surface area contributed by atoms with Crippen LogP contribution in [0.5, 0.6) is 0 Å². The summed E-state index contributed by atoms with van der Waals surface area (Å²) in [5.41, 5.74) is 0.843. The van der Waals surface area contributed by atoms with Gasteiger partial charge in [-0.1, -0.05) is 17.7 Å². The second-order valence-corrected chi connectivity index (χ2v) is 5.22. The normalized spacial score (nSPS) is 18.2. The van der Waals surface area contributed by atoms with E-state index in [-0.39, 0.29) is 5.71 Å². The first-order valence-corrected chi connectivity index (χ1v) is 6.91. The molecular formula is C10H14N2O3S. The Balaban J connectivity index is 2.81. The van der Waals surface area contributed by atoms with Crippen LogP contribution in [-0.4, -0.2) is 20.4 Å². The predicted octanol–water partition coefficient (Wildman–Crippen LogP) is 1.73. The zero-order chi connectivity index (χ0) is 12.0. The van der Waals surface area contributed by atoms with Crippen molar-refractivity contribution in [3.05, 3.63) is 11.6 Å². The van der Waals surface area contributed by atoms with Gasteiger partial charge in [-0.15, -0.1) is 0 Å². The van der Waals surface area contributed by atoms with Crippen molar-refractivity contribution >= 4 is 15.8 Å². The van der Waals surface area contributed by atoms with Crippen LogP contribution >= 0.6 is 0 Å². The van der Waals surface area contributed by atoms with Crippen LogP contribution in [-0.2, 0) is 14.4 Å². The first-order valence-electron chi connectivity index (χ1n) is 5.09. The quantitative estimate of drug-likeness (QED) is 0.557. The summed E-state index contributed by atoms with van der Waals surface area (Å²) in [7, 11) is -3.64. The molecule has 0 bridgehead atoms. The van der Waals surface area contributed by atoms with E-state index in [0.717, 1.165) is 43.9 Å². The molecule has 0 atom stereocenters. The Bertz CT molecular complexity index is 443.